The third kappa shape index (κ3) is 5.53. The Labute approximate surface area is 167 Å². The van der Waals surface area contributed by atoms with E-state index in [0.717, 1.165) is 21.8 Å². The van der Waals surface area contributed by atoms with Crippen molar-refractivity contribution < 1.29 is 22.4 Å². The summed E-state index contributed by atoms with van der Waals surface area (Å²) < 4.78 is 29.0. The van der Waals surface area contributed by atoms with Gasteiger partial charge in [-0.2, -0.15) is 0 Å². The fourth-order valence-corrected chi connectivity index (χ4v) is 5.12. The Bertz CT molecular complexity index is 963. The van der Waals surface area contributed by atoms with E-state index in [4.69, 9.17) is 4.42 Å². The zero-order valence-electron chi connectivity index (χ0n) is 13.8. The number of amides is 3. The predicted molar refractivity (Wildman–Crippen MR) is 102 cm³/mol. The maximum Gasteiger partial charge on any atom is 0.321 e. The Hall–Kier alpha value is -1.92. The summed E-state index contributed by atoms with van der Waals surface area (Å²) in [5, 5.41) is 12.6. The SMILES string of the molecule is O=C(CSc1nnc(-c2ccccc2Br)o1)NC(=O)NC1CCS(=O)(=O)C1. The van der Waals surface area contributed by atoms with E-state index in [1.54, 1.807) is 0 Å². The van der Waals surface area contributed by atoms with Crippen molar-refractivity contribution in [2.75, 3.05) is 17.3 Å². The molecule has 1 aromatic carbocycles. The first-order valence-electron chi connectivity index (χ1n) is 7.84. The summed E-state index contributed by atoms with van der Waals surface area (Å²) in [4.78, 5) is 23.6. The number of nitrogens with zero attached hydrogens (tertiary/aromatic N) is 2. The van der Waals surface area contributed by atoms with Gasteiger partial charge in [-0.1, -0.05) is 23.9 Å². The molecule has 3 amide bonds. The standard InChI is InChI=1S/C15H15BrN4O5S2/c16-11-4-2-1-3-10(11)13-19-20-15(25-13)26-7-12(21)18-14(22)17-9-5-6-27(23,24)8-9/h1-4,9H,5-8H2,(H2,17,18,21,22). The molecule has 1 aliphatic heterocycles. The molecule has 1 aromatic heterocycles. The van der Waals surface area contributed by atoms with E-state index in [9.17, 15) is 18.0 Å². The second-order valence-corrected chi connectivity index (χ2v) is 9.77. The van der Waals surface area contributed by atoms with Crippen LogP contribution in [-0.4, -0.2) is 53.9 Å². The Morgan fingerprint density at radius 1 is 1.30 bits per heavy atom. The van der Waals surface area contributed by atoms with Gasteiger partial charge >= 0.3 is 6.03 Å². The lowest BCUT2D eigenvalue weighted by atomic mass is 10.2. The number of urea groups is 1. The molecule has 1 atom stereocenters. The highest BCUT2D eigenvalue weighted by Crippen LogP contribution is 2.28. The third-order valence-corrected chi connectivity index (χ3v) is 6.94. The molecule has 0 aliphatic carbocycles. The van der Waals surface area contributed by atoms with Crippen molar-refractivity contribution in [1.82, 2.24) is 20.8 Å². The van der Waals surface area contributed by atoms with Crippen LogP contribution in [-0.2, 0) is 14.6 Å². The van der Waals surface area contributed by atoms with Crippen molar-refractivity contribution in [3.63, 3.8) is 0 Å². The van der Waals surface area contributed by atoms with Crippen molar-refractivity contribution in [3.05, 3.63) is 28.7 Å². The molecule has 0 spiro atoms. The van der Waals surface area contributed by atoms with Gasteiger partial charge < -0.3 is 9.73 Å². The van der Waals surface area contributed by atoms with Crippen LogP contribution < -0.4 is 10.6 Å². The first-order valence-corrected chi connectivity index (χ1v) is 11.4. The summed E-state index contributed by atoms with van der Waals surface area (Å²) in [6.07, 6.45) is 0.346. The molecule has 27 heavy (non-hydrogen) atoms. The summed E-state index contributed by atoms with van der Waals surface area (Å²) in [5.41, 5.74) is 0.729. The fourth-order valence-electron chi connectivity index (χ4n) is 2.43. The maximum absolute atomic E-state index is 11.9. The molecule has 12 heteroatoms. The minimum atomic E-state index is -3.10. The van der Waals surface area contributed by atoms with E-state index in [1.165, 1.54) is 0 Å². The van der Waals surface area contributed by atoms with Crippen LogP contribution in [0.1, 0.15) is 6.42 Å². The Kier molecular flexibility index (Phi) is 6.17. The number of carbonyl (C=O) groups is 2. The van der Waals surface area contributed by atoms with Gasteiger partial charge in [-0.3, -0.25) is 10.1 Å². The lowest BCUT2D eigenvalue weighted by molar-refractivity contribution is -0.117. The van der Waals surface area contributed by atoms with E-state index in [2.05, 4.69) is 36.8 Å². The number of thioether (sulfide) groups is 1. The summed E-state index contributed by atoms with van der Waals surface area (Å²) in [6.45, 7) is 0. The molecule has 0 radical (unpaired) electrons. The zero-order valence-corrected chi connectivity index (χ0v) is 17.1. The molecule has 1 unspecified atom stereocenters. The topological polar surface area (TPSA) is 131 Å². The second kappa shape index (κ2) is 8.40. The summed E-state index contributed by atoms with van der Waals surface area (Å²) in [6, 6.07) is 6.15. The number of hydrogen-bond acceptors (Lipinski definition) is 8. The molecule has 2 N–H and O–H groups in total. The van der Waals surface area contributed by atoms with Crippen LogP contribution in [0.2, 0.25) is 0 Å². The number of hydrogen-bond donors (Lipinski definition) is 2. The third-order valence-electron chi connectivity index (χ3n) is 3.66. The van der Waals surface area contributed by atoms with Gasteiger partial charge in [0.25, 0.3) is 5.22 Å². The van der Waals surface area contributed by atoms with Gasteiger partial charge in [-0.25, -0.2) is 13.2 Å². The molecule has 2 aromatic rings. The van der Waals surface area contributed by atoms with Crippen LogP contribution in [0.4, 0.5) is 4.79 Å². The molecule has 144 valence electrons. The van der Waals surface area contributed by atoms with Gasteiger partial charge in [0.05, 0.1) is 22.8 Å². The Morgan fingerprint density at radius 2 is 2.07 bits per heavy atom. The molecule has 9 nitrogen and oxygen atoms in total. The monoisotopic (exact) mass is 474 g/mol. The Balaban J connectivity index is 1.47. The number of imide groups is 1. The van der Waals surface area contributed by atoms with Crippen molar-refractivity contribution in [2.45, 2.75) is 17.7 Å². The second-order valence-electron chi connectivity index (χ2n) is 5.76. The van der Waals surface area contributed by atoms with Crippen LogP contribution in [0.15, 0.2) is 38.4 Å². The van der Waals surface area contributed by atoms with Gasteiger partial charge in [-0.15, -0.1) is 10.2 Å². The van der Waals surface area contributed by atoms with Gasteiger partial charge in [0.1, 0.15) is 0 Å². The summed E-state index contributed by atoms with van der Waals surface area (Å²) in [7, 11) is -3.10. The Morgan fingerprint density at radius 3 is 2.78 bits per heavy atom. The molecule has 1 saturated heterocycles. The van der Waals surface area contributed by atoms with Gasteiger partial charge in [-0.05, 0) is 34.5 Å². The van der Waals surface area contributed by atoms with Crippen LogP contribution in [0.3, 0.4) is 0 Å². The van der Waals surface area contributed by atoms with Crippen molar-refractivity contribution >= 4 is 49.5 Å². The lowest BCUT2D eigenvalue weighted by Gasteiger charge is -2.10. The zero-order chi connectivity index (χ0) is 19.4. The number of rotatable bonds is 5. The number of halogens is 1. The van der Waals surface area contributed by atoms with E-state index in [-0.39, 0.29) is 22.5 Å². The van der Waals surface area contributed by atoms with E-state index in [0.29, 0.717) is 12.3 Å². The number of sulfone groups is 1. The summed E-state index contributed by atoms with van der Waals surface area (Å²) in [5.74, 6) is -0.416. The molecule has 1 fully saturated rings. The minimum Gasteiger partial charge on any atom is -0.411 e. The molecule has 2 heterocycles. The molecular weight excluding hydrogens is 460 g/mol. The predicted octanol–water partition coefficient (Wildman–Crippen LogP) is 1.60. The van der Waals surface area contributed by atoms with Crippen molar-refractivity contribution in [2.24, 2.45) is 0 Å². The first kappa shape index (κ1) is 19.8. The molecular formula is C15H15BrN4O5S2. The average Bonchev–Trinajstić information content (AvgIpc) is 3.19. The van der Waals surface area contributed by atoms with Crippen LogP contribution in [0.5, 0.6) is 0 Å². The quantitative estimate of drug-likeness (QED) is 0.624. The first-order chi connectivity index (χ1) is 12.8. The highest BCUT2D eigenvalue weighted by atomic mass is 79.9. The number of aromatic nitrogens is 2. The highest BCUT2D eigenvalue weighted by molar-refractivity contribution is 9.10. The normalized spacial score (nSPS) is 18.2. The largest absolute Gasteiger partial charge is 0.411 e. The molecule has 0 bridgehead atoms. The van der Waals surface area contributed by atoms with Crippen LogP contribution in [0.25, 0.3) is 11.5 Å². The van der Waals surface area contributed by atoms with Crippen LogP contribution >= 0.6 is 27.7 Å². The average molecular weight is 475 g/mol. The number of nitrogens with one attached hydrogen (secondary N) is 2. The van der Waals surface area contributed by atoms with Crippen molar-refractivity contribution in [1.29, 1.82) is 0 Å². The van der Waals surface area contributed by atoms with Crippen LogP contribution in [0, 0.1) is 0 Å². The van der Waals surface area contributed by atoms with E-state index >= 15 is 0 Å². The molecule has 0 saturated carbocycles. The van der Waals surface area contributed by atoms with E-state index < -0.39 is 27.8 Å². The minimum absolute atomic E-state index is 0.0404. The van der Waals surface area contributed by atoms with Gasteiger partial charge in [0, 0.05) is 10.5 Å². The van der Waals surface area contributed by atoms with Crippen molar-refractivity contribution in [3.8, 4) is 11.5 Å². The highest BCUT2D eigenvalue weighted by Gasteiger charge is 2.29. The smallest absolute Gasteiger partial charge is 0.321 e. The number of benzene rings is 1. The lowest BCUT2D eigenvalue weighted by Crippen LogP contribution is -2.45. The van der Waals surface area contributed by atoms with Gasteiger partial charge in [0.15, 0.2) is 9.84 Å². The maximum atomic E-state index is 11.9. The fraction of sp³-hybridized carbons (Fsp3) is 0.333. The number of carbonyl (C=O) groups excluding carboxylic acids is 2. The summed E-state index contributed by atoms with van der Waals surface area (Å²) >= 11 is 4.38. The molecule has 1 aliphatic rings. The molecule has 3 rings (SSSR count). The van der Waals surface area contributed by atoms with E-state index in [1.807, 2.05) is 24.3 Å². The van der Waals surface area contributed by atoms with Gasteiger partial charge in [0.2, 0.25) is 11.8 Å².